The van der Waals surface area contributed by atoms with Crippen molar-refractivity contribution in [1.29, 1.82) is 0 Å². The van der Waals surface area contributed by atoms with E-state index >= 15 is 0 Å². The van der Waals surface area contributed by atoms with E-state index in [0.29, 0.717) is 16.4 Å². The van der Waals surface area contributed by atoms with E-state index in [1.165, 1.54) is 0 Å². The number of anilines is 2. The van der Waals surface area contributed by atoms with Crippen LogP contribution in [0.15, 0.2) is 41.3 Å². The molecule has 2 heterocycles. The molecule has 0 aliphatic carbocycles. The summed E-state index contributed by atoms with van der Waals surface area (Å²) in [7, 11) is 0. The van der Waals surface area contributed by atoms with Crippen LogP contribution in [0.4, 0.5) is 11.5 Å². The highest BCUT2D eigenvalue weighted by Gasteiger charge is 2.18. The number of hydrogen-bond donors (Lipinski definition) is 2. The summed E-state index contributed by atoms with van der Waals surface area (Å²) in [5, 5.41) is 14.0. The number of aromatic nitrogens is 4. The number of nitrogens with zero attached hydrogens (tertiary/aromatic N) is 4. The maximum atomic E-state index is 12.1. The highest BCUT2D eigenvalue weighted by molar-refractivity contribution is 6.31. The first-order valence-corrected chi connectivity index (χ1v) is 6.22. The number of benzene rings is 1. The number of carbonyl (C=O) groups is 1. The zero-order valence-electron chi connectivity index (χ0n) is 10.5. The van der Waals surface area contributed by atoms with Crippen LogP contribution >= 0.6 is 11.6 Å². The third kappa shape index (κ3) is 2.56. The van der Waals surface area contributed by atoms with E-state index in [9.17, 15) is 4.79 Å². The molecule has 0 saturated carbocycles. The number of hydrogen-bond acceptors (Lipinski definition) is 6. The molecule has 3 N–H and O–H groups in total. The van der Waals surface area contributed by atoms with Crippen molar-refractivity contribution in [3.8, 4) is 5.69 Å². The summed E-state index contributed by atoms with van der Waals surface area (Å²) in [6.45, 7) is 0. The Morgan fingerprint density at radius 2 is 2.24 bits per heavy atom. The minimum Gasteiger partial charge on any atom is -0.379 e. The molecule has 0 bridgehead atoms. The van der Waals surface area contributed by atoms with Crippen LogP contribution in [-0.2, 0) is 0 Å². The molecule has 0 spiro atoms. The fourth-order valence-electron chi connectivity index (χ4n) is 1.75. The van der Waals surface area contributed by atoms with Gasteiger partial charge in [-0.25, -0.2) is 9.31 Å². The van der Waals surface area contributed by atoms with Crippen LogP contribution in [0.5, 0.6) is 0 Å². The van der Waals surface area contributed by atoms with Gasteiger partial charge >= 0.3 is 0 Å². The second kappa shape index (κ2) is 5.25. The van der Waals surface area contributed by atoms with Gasteiger partial charge in [0.25, 0.3) is 5.91 Å². The smallest absolute Gasteiger partial charge is 0.281 e. The van der Waals surface area contributed by atoms with Gasteiger partial charge in [0.05, 0.1) is 11.4 Å². The quantitative estimate of drug-likeness (QED) is 0.762. The van der Waals surface area contributed by atoms with Gasteiger partial charge in [-0.05, 0) is 34.6 Å². The highest BCUT2D eigenvalue weighted by atomic mass is 35.5. The summed E-state index contributed by atoms with van der Waals surface area (Å²) in [4.78, 5) is 12.1. The van der Waals surface area contributed by atoms with Gasteiger partial charge in [-0.3, -0.25) is 4.79 Å². The molecular formula is C12H9ClN6O2. The second-order valence-corrected chi connectivity index (χ2v) is 4.50. The first-order valence-electron chi connectivity index (χ1n) is 5.84. The summed E-state index contributed by atoms with van der Waals surface area (Å²) in [6, 6.07) is 6.79. The SMILES string of the molecule is Nc1nonc1C(=O)Nc1cc(Cl)ccc1-n1cccn1. The van der Waals surface area contributed by atoms with Crippen molar-refractivity contribution in [2.75, 3.05) is 11.1 Å². The Balaban J connectivity index is 1.97. The number of rotatable bonds is 3. The number of nitrogens with one attached hydrogen (secondary N) is 1. The standard InChI is InChI=1S/C12H9ClN6O2/c13-7-2-3-9(19-5-1-4-15-19)8(6-7)16-12(20)10-11(14)18-21-17-10/h1-6H,(H2,14,18)(H,16,20). The summed E-state index contributed by atoms with van der Waals surface area (Å²) in [5.41, 5.74) is 6.49. The molecule has 1 aromatic carbocycles. The van der Waals surface area contributed by atoms with E-state index in [-0.39, 0.29) is 11.5 Å². The lowest BCUT2D eigenvalue weighted by Crippen LogP contribution is -2.16. The van der Waals surface area contributed by atoms with E-state index in [4.69, 9.17) is 17.3 Å². The maximum Gasteiger partial charge on any atom is 0.281 e. The topological polar surface area (TPSA) is 112 Å². The summed E-state index contributed by atoms with van der Waals surface area (Å²) in [5.74, 6) is -0.639. The number of nitrogens with two attached hydrogens (primary N) is 1. The molecule has 8 nitrogen and oxygen atoms in total. The molecule has 0 fully saturated rings. The van der Waals surface area contributed by atoms with Crippen LogP contribution in [0, 0.1) is 0 Å². The highest BCUT2D eigenvalue weighted by Crippen LogP contribution is 2.24. The number of amides is 1. The monoisotopic (exact) mass is 304 g/mol. The van der Waals surface area contributed by atoms with Crippen LogP contribution in [0.3, 0.4) is 0 Å². The van der Waals surface area contributed by atoms with Gasteiger partial charge in [-0.2, -0.15) is 5.10 Å². The van der Waals surface area contributed by atoms with E-state index in [0.717, 1.165) is 0 Å². The number of nitrogen functional groups attached to an aromatic ring is 1. The lowest BCUT2D eigenvalue weighted by molar-refractivity contribution is 0.101. The fourth-order valence-corrected chi connectivity index (χ4v) is 1.93. The van der Waals surface area contributed by atoms with Crippen molar-refractivity contribution >= 4 is 29.0 Å². The predicted octanol–water partition coefficient (Wildman–Crippen LogP) is 1.74. The maximum absolute atomic E-state index is 12.1. The average molecular weight is 305 g/mol. The molecule has 3 rings (SSSR count). The lowest BCUT2D eigenvalue weighted by Gasteiger charge is -2.10. The van der Waals surface area contributed by atoms with Crippen LogP contribution in [0.2, 0.25) is 5.02 Å². The molecule has 0 aliphatic heterocycles. The predicted molar refractivity (Wildman–Crippen MR) is 75.2 cm³/mol. The van der Waals surface area contributed by atoms with E-state index in [1.54, 1.807) is 41.3 Å². The van der Waals surface area contributed by atoms with Gasteiger partial charge in [-0.15, -0.1) is 0 Å². The number of halogens is 1. The fraction of sp³-hybridized carbons (Fsp3) is 0. The Morgan fingerprint density at radius 1 is 1.38 bits per heavy atom. The first kappa shape index (κ1) is 13.1. The van der Waals surface area contributed by atoms with E-state index in [1.807, 2.05) is 0 Å². The summed E-state index contributed by atoms with van der Waals surface area (Å²) >= 11 is 5.97. The van der Waals surface area contributed by atoms with Gasteiger partial charge in [0.15, 0.2) is 0 Å². The minimum absolute atomic E-state index is 0.0878. The Hall–Kier alpha value is -2.87. The molecule has 3 aromatic rings. The molecule has 1 amide bonds. The molecule has 9 heteroatoms. The van der Waals surface area contributed by atoms with Crippen LogP contribution in [-0.4, -0.2) is 26.0 Å². The zero-order chi connectivity index (χ0) is 14.8. The molecule has 0 atom stereocenters. The summed E-state index contributed by atoms with van der Waals surface area (Å²) < 4.78 is 5.99. The molecule has 0 saturated heterocycles. The molecule has 0 unspecified atom stereocenters. The third-order valence-corrected chi connectivity index (χ3v) is 2.92. The van der Waals surface area contributed by atoms with E-state index in [2.05, 4.69) is 25.4 Å². The normalized spacial score (nSPS) is 10.5. The molecule has 106 valence electrons. The Labute approximate surface area is 123 Å². The zero-order valence-corrected chi connectivity index (χ0v) is 11.3. The van der Waals surface area contributed by atoms with Crippen LogP contribution < -0.4 is 11.1 Å². The lowest BCUT2D eigenvalue weighted by atomic mass is 10.2. The van der Waals surface area contributed by atoms with Crippen molar-refractivity contribution < 1.29 is 9.42 Å². The molecule has 21 heavy (non-hydrogen) atoms. The first-order chi connectivity index (χ1) is 10.1. The van der Waals surface area contributed by atoms with Gasteiger partial charge < -0.3 is 11.1 Å². The minimum atomic E-state index is -0.551. The largest absolute Gasteiger partial charge is 0.379 e. The molecule has 0 radical (unpaired) electrons. The molecular weight excluding hydrogens is 296 g/mol. The van der Waals surface area contributed by atoms with Gasteiger partial charge in [0.1, 0.15) is 0 Å². The Kier molecular flexibility index (Phi) is 3.28. The van der Waals surface area contributed by atoms with Crippen molar-refractivity contribution in [2.45, 2.75) is 0 Å². The van der Waals surface area contributed by atoms with Crippen LogP contribution in [0.1, 0.15) is 10.5 Å². The van der Waals surface area contributed by atoms with Crippen LogP contribution in [0.25, 0.3) is 5.69 Å². The summed E-state index contributed by atoms with van der Waals surface area (Å²) in [6.07, 6.45) is 3.37. The van der Waals surface area contributed by atoms with Gasteiger partial charge in [-0.1, -0.05) is 11.6 Å². The third-order valence-electron chi connectivity index (χ3n) is 2.69. The van der Waals surface area contributed by atoms with Crippen molar-refractivity contribution in [2.24, 2.45) is 0 Å². The van der Waals surface area contributed by atoms with Gasteiger partial charge in [0.2, 0.25) is 11.5 Å². The van der Waals surface area contributed by atoms with Crippen molar-refractivity contribution in [3.63, 3.8) is 0 Å². The average Bonchev–Trinajstić information content (AvgIpc) is 3.10. The van der Waals surface area contributed by atoms with Crippen molar-refractivity contribution in [3.05, 3.63) is 47.4 Å². The molecule has 0 aliphatic rings. The molecule has 2 aromatic heterocycles. The number of carbonyl (C=O) groups excluding carboxylic acids is 1. The Morgan fingerprint density at radius 3 is 2.90 bits per heavy atom. The van der Waals surface area contributed by atoms with Crippen molar-refractivity contribution in [1.82, 2.24) is 20.1 Å². The van der Waals surface area contributed by atoms with E-state index < -0.39 is 5.91 Å². The van der Waals surface area contributed by atoms with Gasteiger partial charge in [0, 0.05) is 17.4 Å². The second-order valence-electron chi connectivity index (χ2n) is 4.06. The Bertz CT molecular complexity index is 783.